The van der Waals surface area contributed by atoms with Crippen molar-refractivity contribution in [3.05, 3.63) is 0 Å². The van der Waals surface area contributed by atoms with Crippen LogP contribution >= 0.6 is 0 Å². The van der Waals surface area contributed by atoms with E-state index in [1.54, 1.807) is 0 Å². The molecule has 1 rings (SSSR count). The normalized spacial score (nSPS) is 26.0. The van der Waals surface area contributed by atoms with Crippen molar-refractivity contribution in [1.82, 2.24) is 0 Å². The molecule has 0 unspecified atom stereocenters. The molecule has 0 radical (unpaired) electrons. The predicted octanol–water partition coefficient (Wildman–Crippen LogP) is 0.929. The Labute approximate surface area is 50.4 Å². The van der Waals surface area contributed by atoms with Gasteiger partial charge >= 0.3 is 49.8 Å². The van der Waals surface area contributed by atoms with Gasteiger partial charge in [-0.1, -0.05) is 0 Å². The van der Waals surface area contributed by atoms with Crippen molar-refractivity contribution in [2.45, 2.75) is 24.7 Å². The van der Waals surface area contributed by atoms with Crippen molar-refractivity contribution in [3.63, 3.8) is 0 Å². The first kappa shape index (κ1) is 5.33. The van der Waals surface area contributed by atoms with Crippen LogP contribution in [0.4, 0.5) is 0 Å². The van der Waals surface area contributed by atoms with Gasteiger partial charge in [0.25, 0.3) is 0 Å². The zero-order valence-corrected chi connectivity index (χ0v) is 6.35. The number of nitrogens with zero attached hydrogens (tertiary/aromatic N) is 1. The van der Waals surface area contributed by atoms with Crippen molar-refractivity contribution < 1.29 is 0 Å². The van der Waals surface area contributed by atoms with Crippen LogP contribution in [0.25, 0.3) is 0 Å². The number of rotatable bonds is 0. The molecule has 0 atom stereocenters. The average molecular weight is 162 g/mol. The minimum absolute atomic E-state index is 0.292. The van der Waals surface area contributed by atoms with Crippen LogP contribution in [0.5, 0.6) is 0 Å². The van der Waals surface area contributed by atoms with E-state index in [0.29, 0.717) is 20.5 Å². The average Bonchev–Trinajstić information content (AvgIpc) is 1.84. The van der Waals surface area contributed by atoms with Gasteiger partial charge in [0.05, 0.1) is 0 Å². The zero-order chi connectivity index (χ0) is 5.33. The first-order chi connectivity index (χ1) is 3.21. The molecule has 1 heterocycles. The van der Waals surface area contributed by atoms with E-state index in [-0.39, 0.29) is 0 Å². The molecule has 0 bridgehead atoms. The van der Waals surface area contributed by atoms with E-state index in [0.717, 1.165) is 0 Å². The molecule has 0 amide bonds. The molecule has 0 N–H and O–H groups in total. The molecule has 1 aliphatic rings. The van der Waals surface area contributed by atoms with E-state index in [2.05, 4.69) is 24.0 Å². The molecule has 0 fully saturated rings. The van der Waals surface area contributed by atoms with E-state index >= 15 is 0 Å². The molecule has 0 aromatic heterocycles. The Hall–Kier alpha value is 0.189. The molecule has 2 heteroatoms. The Kier molecular flexibility index (Phi) is 1.22. The van der Waals surface area contributed by atoms with Gasteiger partial charge in [-0.2, -0.15) is 0 Å². The Bertz CT molecular complexity index is 96.3. The van der Waals surface area contributed by atoms with E-state index in [9.17, 15) is 0 Å². The molecule has 0 saturated carbocycles. The number of aliphatic imine (C=N–C) groups is 1. The van der Waals surface area contributed by atoms with Crippen LogP contribution in [-0.4, -0.2) is 25.6 Å². The molecule has 7 heavy (non-hydrogen) atoms. The van der Waals surface area contributed by atoms with Crippen molar-refractivity contribution in [2.75, 3.05) is 0 Å². The third kappa shape index (κ3) is 1.29. The van der Waals surface area contributed by atoms with Gasteiger partial charge in [-0.05, 0) is 0 Å². The van der Waals surface area contributed by atoms with Crippen LogP contribution in [0.15, 0.2) is 4.99 Å². The molecule has 0 saturated heterocycles. The van der Waals surface area contributed by atoms with Gasteiger partial charge in [-0.3, -0.25) is 0 Å². The van der Waals surface area contributed by atoms with Crippen LogP contribution in [0.3, 0.4) is 0 Å². The summed E-state index contributed by atoms with van der Waals surface area (Å²) in [5.74, 6) is 0. The molecule has 1 nitrogen and oxygen atoms in total. The molecule has 0 aromatic rings. The fourth-order valence-electron chi connectivity index (χ4n) is 0.458. The Balaban J connectivity index is 2.57. The number of hydrogen-bond donors (Lipinski definition) is 0. The van der Waals surface area contributed by atoms with Crippen molar-refractivity contribution in [2.24, 2.45) is 4.99 Å². The zero-order valence-electron chi connectivity index (χ0n) is 4.64. The maximum absolute atomic E-state index is 4.27. The van der Waals surface area contributed by atoms with Gasteiger partial charge in [0, 0.05) is 0 Å². The number of hydrogen-bond acceptors (Lipinski definition) is 1. The Morgan fingerprint density at radius 2 is 2.43 bits per heavy atom. The van der Waals surface area contributed by atoms with Crippen molar-refractivity contribution in [3.8, 4) is 0 Å². The molecular weight excluding hydrogens is 153 g/mol. The molecule has 0 spiro atoms. The second kappa shape index (κ2) is 1.61. The second-order valence-electron chi connectivity index (χ2n) is 2.36. The van der Waals surface area contributed by atoms with Gasteiger partial charge in [0.1, 0.15) is 0 Å². The first-order valence-electron chi connectivity index (χ1n) is 2.36. The van der Waals surface area contributed by atoms with Crippen molar-refractivity contribution in [1.29, 1.82) is 0 Å². The van der Waals surface area contributed by atoms with Gasteiger partial charge in [-0.15, -0.1) is 0 Å². The maximum atomic E-state index is 4.27. The molecule has 0 aliphatic carbocycles. The molecule has 40 valence electrons. The summed E-state index contributed by atoms with van der Waals surface area (Å²) in [6, 6.07) is 0. The van der Waals surface area contributed by atoms with Crippen molar-refractivity contribution >= 4 is 20.1 Å². The van der Waals surface area contributed by atoms with E-state index in [4.69, 9.17) is 0 Å². The standard InChI is InChI=1S/C5H9NSe/c1-5(2)3-7-4-6-5/h4H,3H2,1-2H3. The molecular formula is C5H9NSe. The van der Waals surface area contributed by atoms with Crippen LogP contribution in [-0.2, 0) is 0 Å². The van der Waals surface area contributed by atoms with Gasteiger partial charge in [0.15, 0.2) is 0 Å². The third-order valence-corrected chi connectivity index (χ3v) is 3.28. The summed E-state index contributed by atoms with van der Waals surface area (Å²) in [6.07, 6.45) is 0. The molecule has 0 aromatic carbocycles. The van der Waals surface area contributed by atoms with Gasteiger partial charge in [0.2, 0.25) is 0 Å². The van der Waals surface area contributed by atoms with Gasteiger partial charge in [-0.25, -0.2) is 0 Å². The quantitative estimate of drug-likeness (QED) is 0.470. The first-order valence-corrected chi connectivity index (χ1v) is 4.56. The second-order valence-corrected chi connectivity index (χ2v) is 4.11. The predicted molar refractivity (Wildman–Crippen MR) is 33.1 cm³/mol. The summed E-state index contributed by atoms with van der Waals surface area (Å²) in [5.41, 5.74) is 0.292. The summed E-state index contributed by atoms with van der Waals surface area (Å²) in [7, 11) is 0. The topological polar surface area (TPSA) is 12.4 Å². The fourth-order valence-corrected chi connectivity index (χ4v) is 2.38. The summed E-state index contributed by atoms with van der Waals surface area (Å²) < 4.78 is 0. The Morgan fingerprint density at radius 1 is 1.71 bits per heavy atom. The third-order valence-electron chi connectivity index (χ3n) is 0.913. The van der Waals surface area contributed by atoms with E-state index in [1.165, 1.54) is 5.32 Å². The summed E-state index contributed by atoms with van der Waals surface area (Å²) >= 11 is 0.712. The SMILES string of the molecule is CC1(C)C[Se]C=N1. The molecule has 1 aliphatic heterocycles. The van der Waals surface area contributed by atoms with E-state index in [1.807, 2.05) is 0 Å². The fraction of sp³-hybridized carbons (Fsp3) is 0.800. The van der Waals surface area contributed by atoms with Crippen LogP contribution in [0.2, 0.25) is 5.32 Å². The van der Waals surface area contributed by atoms with E-state index < -0.39 is 0 Å². The van der Waals surface area contributed by atoms with Crippen LogP contribution in [0, 0.1) is 0 Å². The van der Waals surface area contributed by atoms with Crippen LogP contribution in [0.1, 0.15) is 13.8 Å². The van der Waals surface area contributed by atoms with Gasteiger partial charge < -0.3 is 0 Å². The van der Waals surface area contributed by atoms with Crippen LogP contribution < -0.4 is 0 Å². The Morgan fingerprint density at radius 3 is 2.57 bits per heavy atom. The minimum atomic E-state index is 0.292. The summed E-state index contributed by atoms with van der Waals surface area (Å²) in [4.78, 5) is 4.27. The summed E-state index contributed by atoms with van der Waals surface area (Å²) in [6.45, 7) is 4.36. The monoisotopic (exact) mass is 163 g/mol. The summed E-state index contributed by atoms with van der Waals surface area (Å²) in [5, 5.41) is 3.37.